The Morgan fingerprint density at radius 1 is 1.07 bits per heavy atom. The number of likely N-dealkylation sites (N-methyl/N-ethyl adjacent to an activating group) is 1. The van der Waals surface area contributed by atoms with Crippen LogP contribution in [0.3, 0.4) is 0 Å². The first-order chi connectivity index (χ1) is 14.0. The highest BCUT2D eigenvalue weighted by Gasteiger charge is 2.31. The molecular weight excluding hydrogens is 419 g/mol. The Labute approximate surface area is 170 Å². The Morgan fingerprint density at radius 3 is 2.33 bits per heavy atom. The van der Waals surface area contributed by atoms with E-state index in [0.717, 1.165) is 17.7 Å². The van der Waals surface area contributed by atoms with Crippen LogP contribution in [0.1, 0.15) is 11.1 Å². The number of hydrogen-bond donors (Lipinski definition) is 1. The second-order valence-corrected chi connectivity index (χ2v) is 8.96. The molecule has 0 bridgehead atoms. The van der Waals surface area contributed by atoms with Crippen molar-refractivity contribution in [2.45, 2.75) is 17.5 Å². The van der Waals surface area contributed by atoms with Gasteiger partial charge < -0.3 is 4.90 Å². The highest BCUT2D eigenvalue weighted by molar-refractivity contribution is 7.89. The van der Waals surface area contributed by atoms with Gasteiger partial charge in [-0.05, 0) is 61.5 Å². The van der Waals surface area contributed by atoms with Crippen molar-refractivity contribution >= 4 is 26.6 Å². The molecule has 3 aromatic rings. The van der Waals surface area contributed by atoms with Crippen LogP contribution in [-0.2, 0) is 22.6 Å². The molecule has 1 aliphatic heterocycles. The lowest BCUT2D eigenvalue weighted by Gasteiger charge is -2.18. The number of nitrogens with one attached hydrogen (secondary N) is 1. The molecule has 0 saturated heterocycles. The monoisotopic (exact) mass is 437 g/mol. The van der Waals surface area contributed by atoms with Crippen molar-refractivity contribution in [2.24, 2.45) is 0 Å². The zero-order chi connectivity index (χ0) is 21.8. The normalized spacial score (nSPS) is 14.4. The fraction of sp³-hybridized carbons (Fsp3) is 0.250. The minimum atomic E-state index is -4.49. The van der Waals surface area contributed by atoms with Crippen LogP contribution in [0.4, 0.5) is 18.9 Å². The molecule has 10 heteroatoms. The van der Waals surface area contributed by atoms with Gasteiger partial charge in [0, 0.05) is 24.7 Å². The van der Waals surface area contributed by atoms with E-state index in [2.05, 4.69) is 4.72 Å². The Balaban J connectivity index is 2.04. The number of benzene rings is 2. The van der Waals surface area contributed by atoms with E-state index in [9.17, 15) is 26.4 Å². The second-order valence-electron chi connectivity index (χ2n) is 7.07. The average Bonchev–Trinajstić information content (AvgIpc) is 3.10. The summed E-state index contributed by atoms with van der Waals surface area (Å²) in [7, 11) is -0.645. The van der Waals surface area contributed by atoms with Crippen molar-refractivity contribution in [2.75, 3.05) is 25.5 Å². The summed E-state index contributed by atoms with van der Waals surface area (Å²) in [4.78, 5) is 15.1. The lowest BCUT2D eigenvalue weighted by atomic mass is 10.1. The number of hydrogen-bond acceptors (Lipinski definition) is 4. The lowest BCUT2D eigenvalue weighted by molar-refractivity contribution is -0.137. The number of aromatic nitrogens is 1. The number of rotatable bonds is 3. The van der Waals surface area contributed by atoms with Crippen molar-refractivity contribution < 1.29 is 21.6 Å². The Morgan fingerprint density at radius 2 is 1.73 bits per heavy atom. The third-order valence-corrected chi connectivity index (χ3v) is 6.75. The molecule has 1 aliphatic rings. The molecule has 30 heavy (non-hydrogen) atoms. The average molecular weight is 437 g/mol. The van der Waals surface area contributed by atoms with E-state index in [-0.39, 0.29) is 16.1 Å². The molecule has 0 saturated carbocycles. The van der Waals surface area contributed by atoms with Gasteiger partial charge in [-0.15, -0.1) is 0 Å². The summed E-state index contributed by atoms with van der Waals surface area (Å²) in [5.74, 6) is 0. The summed E-state index contributed by atoms with van der Waals surface area (Å²) in [6.45, 7) is 0.583. The van der Waals surface area contributed by atoms with E-state index in [4.69, 9.17) is 0 Å². The molecule has 0 radical (unpaired) electrons. The SMILES string of the molecule is CNS(=O)(=O)c1ccc2c(c1)c1c(c(=O)n2-c2ccc(C(F)(F)F)cc2)N(C)CC1. The van der Waals surface area contributed by atoms with Gasteiger partial charge in [-0.3, -0.25) is 9.36 Å². The number of sulfonamides is 1. The molecule has 0 fully saturated rings. The molecule has 1 N–H and O–H groups in total. The van der Waals surface area contributed by atoms with Crippen LogP contribution in [0.5, 0.6) is 0 Å². The number of nitrogens with zero attached hydrogens (tertiary/aromatic N) is 2. The van der Waals surface area contributed by atoms with Crippen LogP contribution in [0.25, 0.3) is 16.6 Å². The summed E-state index contributed by atoms with van der Waals surface area (Å²) < 4.78 is 66.9. The molecule has 2 heterocycles. The molecule has 6 nitrogen and oxygen atoms in total. The molecule has 2 aromatic carbocycles. The summed E-state index contributed by atoms with van der Waals surface area (Å²) in [6, 6.07) is 8.71. The van der Waals surface area contributed by atoms with Gasteiger partial charge in [0.25, 0.3) is 5.56 Å². The van der Waals surface area contributed by atoms with Crippen LogP contribution in [0, 0.1) is 0 Å². The topological polar surface area (TPSA) is 71.4 Å². The van der Waals surface area contributed by atoms with Crippen molar-refractivity contribution in [3.05, 3.63) is 63.9 Å². The molecular formula is C20H18F3N3O3S. The van der Waals surface area contributed by atoms with E-state index < -0.39 is 21.8 Å². The number of anilines is 1. The highest BCUT2D eigenvalue weighted by atomic mass is 32.2. The summed E-state index contributed by atoms with van der Waals surface area (Å²) in [6.07, 6.45) is -3.92. The Hall–Kier alpha value is -2.85. The fourth-order valence-electron chi connectivity index (χ4n) is 3.80. The molecule has 0 unspecified atom stereocenters. The predicted molar refractivity (Wildman–Crippen MR) is 108 cm³/mol. The van der Waals surface area contributed by atoms with Gasteiger partial charge in [0.2, 0.25) is 10.0 Å². The summed E-state index contributed by atoms with van der Waals surface area (Å²) >= 11 is 0. The van der Waals surface area contributed by atoms with Gasteiger partial charge in [-0.25, -0.2) is 13.1 Å². The number of fused-ring (bicyclic) bond motifs is 3. The first-order valence-electron chi connectivity index (χ1n) is 9.08. The van der Waals surface area contributed by atoms with Gasteiger partial charge in [-0.2, -0.15) is 13.2 Å². The molecule has 0 atom stereocenters. The van der Waals surface area contributed by atoms with Crippen LogP contribution >= 0.6 is 0 Å². The highest BCUT2D eigenvalue weighted by Crippen LogP contribution is 2.34. The van der Waals surface area contributed by atoms with Crippen molar-refractivity contribution in [1.82, 2.24) is 9.29 Å². The van der Waals surface area contributed by atoms with Gasteiger partial charge in [0.1, 0.15) is 5.69 Å². The maximum Gasteiger partial charge on any atom is 0.416 e. The van der Waals surface area contributed by atoms with Gasteiger partial charge in [0.15, 0.2) is 0 Å². The maximum absolute atomic E-state index is 13.3. The minimum Gasteiger partial charge on any atom is -0.370 e. The van der Waals surface area contributed by atoms with E-state index in [1.165, 1.54) is 41.9 Å². The number of halogens is 3. The van der Waals surface area contributed by atoms with Crippen molar-refractivity contribution in [3.8, 4) is 5.69 Å². The minimum absolute atomic E-state index is 0.0480. The van der Waals surface area contributed by atoms with Gasteiger partial charge in [0.05, 0.1) is 16.0 Å². The molecule has 0 amide bonds. The first kappa shape index (κ1) is 20.4. The van der Waals surface area contributed by atoms with E-state index in [1.54, 1.807) is 11.9 Å². The van der Waals surface area contributed by atoms with Crippen LogP contribution < -0.4 is 15.2 Å². The third-order valence-electron chi connectivity index (χ3n) is 5.34. The Bertz CT molecular complexity index is 1310. The third kappa shape index (κ3) is 3.16. The fourth-order valence-corrected chi connectivity index (χ4v) is 4.56. The summed E-state index contributed by atoms with van der Waals surface area (Å²) in [5.41, 5.74) is 0.676. The molecule has 4 rings (SSSR count). The molecule has 1 aromatic heterocycles. The van der Waals surface area contributed by atoms with Crippen LogP contribution in [0.15, 0.2) is 52.2 Å². The maximum atomic E-state index is 13.3. The molecule has 0 spiro atoms. The van der Waals surface area contributed by atoms with Crippen LogP contribution in [-0.4, -0.2) is 33.6 Å². The number of pyridine rings is 1. The smallest absolute Gasteiger partial charge is 0.370 e. The molecule has 158 valence electrons. The Kier molecular flexibility index (Phi) is 4.66. The largest absolute Gasteiger partial charge is 0.416 e. The van der Waals surface area contributed by atoms with Gasteiger partial charge in [-0.1, -0.05) is 0 Å². The second kappa shape index (κ2) is 6.85. The van der Waals surface area contributed by atoms with Gasteiger partial charge >= 0.3 is 6.18 Å². The van der Waals surface area contributed by atoms with Crippen molar-refractivity contribution in [3.63, 3.8) is 0 Å². The zero-order valence-electron chi connectivity index (χ0n) is 16.1. The van der Waals surface area contributed by atoms with E-state index >= 15 is 0 Å². The molecule has 0 aliphatic carbocycles. The quantitative estimate of drug-likeness (QED) is 0.684. The standard InChI is InChI=1S/C20H18F3N3O3S/c1-24-30(28,29)14-7-8-17-16(11-14)15-9-10-25(2)18(15)19(27)26(17)13-5-3-12(4-6-13)20(21,22)23/h3-8,11,24H,9-10H2,1-2H3. The first-order valence-corrected chi connectivity index (χ1v) is 10.6. The van der Waals surface area contributed by atoms with E-state index in [0.29, 0.717) is 29.6 Å². The van der Waals surface area contributed by atoms with Crippen LogP contribution in [0.2, 0.25) is 0 Å². The number of alkyl halides is 3. The lowest BCUT2D eigenvalue weighted by Crippen LogP contribution is -2.27. The van der Waals surface area contributed by atoms with E-state index in [1.807, 2.05) is 0 Å². The zero-order valence-corrected chi connectivity index (χ0v) is 16.9. The van der Waals surface area contributed by atoms with Crippen molar-refractivity contribution in [1.29, 1.82) is 0 Å². The predicted octanol–water partition coefficient (Wildman–Crippen LogP) is 2.91. The summed E-state index contributed by atoms with van der Waals surface area (Å²) in [5, 5.41) is 0.574.